The summed E-state index contributed by atoms with van der Waals surface area (Å²) in [6.45, 7) is 0. The average molecular weight is 336 g/mol. The molecule has 88 valence electrons. The number of nitrogens with one attached hydrogen (secondary N) is 1. The van der Waals surface area contributed by atoms with Crippen molar-refractivity contribution >= 4 is 50.7 Å². The van der Waals surface area contributed by atoms with Gasteiger partial charge in [0.15, 0.2) is 5.15 Å². The zero-order valence-electron chi connectivity index (χ0n) is 8.21. The number of carbonyl (C=O) groups excluding carboxylic acids is 1. The lowest BCUT2D eigenvalue weighted by molar-refractivity contribution is 0.102. The van der Waals surface area contributed by atoms with Gasteiger partial charge in [-0.25, -0.2) is 4.98 Å². The summed E-state index contributed by atoms with van der Waals surface area (Å²) in [5.41, 5.74) is 0.631. The van der Waals surface area contributed by atoms with Gasteiger partial charge in [-0.2, -0.15) is 0 Å². The van der Waals surface area contributed by atoms with E-state index < -0.39 is 5.91 Å². The molecule has 0 unspecified atom stereocenters. The Bertz CT molecular complexity index is 571. The molecule has 2 heterocycles. The van der Waals surface area contributed by atoms with Crippen molar-refractivity contribution in [1.82, 2.24) is 4.98 Å². The fraction of sp³-hybridized carbons (Fsp3) is 0. The predicted molar refractivity (Wildman–Crippen MR) is 68.6 cm³/mol. The first-order valence-electron chi connectivity index (χ1n) is 4.43. The fourth-order valence-electron chi connectivity index (χ4n) is 1.16. The normalized spacial score (nSPS) is 10.3. The molecule has 0 aliphatic carbocycles. The van der Waals surface area contributed by atoms with Gasteiger partial charge in [-0.3, -0.25) is 4.79 Å². The molecule has 0 saturated heterocycles. The summed E-state index contributed by atoms with van der Waals surface area (Å²) in [4.78, 5) is 15.7. The number of halogens is 3. The van der Waals surface area contributed by atoms with Gasteiger partial charge in [0, 0.05) is 10.7 Å². The Morgan fingerprint density at radius 3 is 2.88 bits per heavy atom. The average Bonchev–Trinajstić information content (AvgIpc) is 2.70. The third-order valence-electron chi connectivity index (χ3n) is 1.92. The quantitative estimate of drug-likeness (QED) is 0.844. The fourth-order valence-corrected chi connectivity index (χ4v) is 1.84. The Labute approximate surface area is 115 Å². The first kappa shape index (κ1) is 12.4. The molecule has 0 aromatic carbocycles. The summed E-state index contributed by atoms with van der Waals surface area (Å²) in [6.07, 6.45) is 2.86. The lowest BCUT2D eigenvalue weighted by atomic mass is 10.3. The van der Waals surface area contributed by atoms with Crippen LogP contribution in [0.15, 0.2) is 33.5 Å². The van der Waals surface area contributed by atoms with Crippen molar-refractivity contribution in [2.45, 2.75) is 0 Å². The van der Waals surface area contributed by atoms with Crippen LogP contribution in [0, 0.1) is 0 Å². The second-order valence-electron chi connectivity index (χ2n) is 3.05. The van der Waals surface area contributed by atoms with Crippen LogP contribution in [0.25, 0.3) is 0 Å². The van der Waals surface area contributed by atoms with E-state index in [0.29, 0.717) is 10.2 Å². The van der Waals surface area contributed by atoms with E-state index in [4.69, 9.17) is 27.6 Å². The van der Waals surface area contributed by atoms with Crippen LogP contribution in [0.2, 0.25) is 10.4 Å². The number of rotatable bonds is 2. The SMILES string of the molecule is O=C(Nc1cc(Br)cnc1Cl)c1ccoc1Cl. The largest absolute Gasteiger partial charge is 0.452 e. The van der Waals surface area contributed by atoms with E-state index in [9.17, 15) is 4.79 Å². The predicted octanol–water partition coefficient (Wildman–Crippen LogP) is 4.00. The number of anilines is 1. The lowest BCUT2D eigenvalue weighted by Gasteiger charge is -2.05. The molecule has 7 heteroatoms. The minimum atomic E-state index is -0.412. The van der Waals surface area contributed by atoms with Crippen LogP contribution >= 0.6 is 39.1 Å². The molecule has 0 fully saturated rings. The maximum atomic E-state index is 11.8. The molecular formula is C10H5BrCl2N2O2. The number of amides is 1. The van der Waals surface area contributed by atoms with E-state index in [1.54, 1.807) is 6.07 Å². The molecule has 17 heavy (non-hydrogen) atoms. The first-order chi connectivity index (χ1) is 8.08. The highest BCUT2D eigenvalue weighted by atomic mass is 79.9. The smallest absolute Gasteiger partial charge is 0.260 e. The van der Waals surface area contributed by atoms with Crippen LogP contribution in [-0.4, -0.2) is 10.9 Å². The molecule has 0 bridgehead atoms. The van der Waals surface area contributed by atoms with Crippen LogP contribution in [0.1, 0.15) is 10.4 Å². The number of hydrogen-bond donors (Lipinski definition) is 1. The Morgan fingerprint density at radius 1 is 1.47 bits per heavy atom. The zero-order valence-corrected chi connectivity index (χ0v) is 11.3. The number of carbonyl (C=O) groups is 1. The van der Waals surface area contributed by atoms with Crippen molar-refractivity contribution in [3.05, 3.63) is 45.0 Å². The third kappa shape index (κ3) is 2.80. The summed E-state index contributed by atoms with van der Waals surface area (Å²) in [7, 11) is 0. The monoisotopic (exact) mass is 334 g/mol. The van der Waals surface area contributed by atoms with Gasteiger partial charge in [0.05, 0.1) is 17.5 Å². The Hall–Kier alpha value is -1.04. The standard InChI is InChI=1S/C10H5BrCl2N2O2/c11-5-3-7(8(12)14-4-5)15-10(16)6-1-2-17-9(6)13/h1-4H,(H,15,16). The van der Waals surface area contributed by atoms with Crippen LogP contribution in [0.4, 0.5) is 5.69 Å². The van der Waals surface area contributed by atoms with Crippen molar-refractivity contribution in [1.29, 1.82) is 0 Å². The topological polar surface area (TPSA) is 55.1 Å². The molecular weight excluding hydrogens is 331 g/mol. The van der Waals surface area contributed by atoms with Gasteiger partial charge >= 0.3 is 0 Å². The van der Waals surface area contributed by atoms with E-state index in [0.717, 1.165) is 0 Å². The van der Waals surface area contributed by atoms with Crippen molar-refractivity contribution in [3.8, 4) is 0 Å². The summed E-state index contributed by atoms with van der Waals surface area (Å²) >= 11 is 14.8. The van der Waals surface area contributed by atoms with E-state index in [2.05, 4.69) is 26.2 Å². The van der Waals surface area contributed by atoms with Gasteiger partial charge in [-0.1, -0.05) is 11.6 Å². The second kappa shape index (κ2) is 5.08. The molecule has 1 amide bonds. The first-order valence-corrected chi connectivity index (χ1v) is 5.98. The number of furan rings is 1. The molecule has 2 aromatic rings. The number of aromatic nitrogens is 1. The molecule has 2 aromatic heterocycles. The number of hydrogen-bond acceptors (Lipinski definition) is 3. The summed E-state index contributed by atoms with van der Waals surface area (Å²) in [6, 6.07) is 3.11. The van der Waals surface area contributed by atoms with Crippen molar-refractivity contribution in [2.24, 2.45) is 0 Å². The Balaban J connectivity index is 2.24. The van der Waals surface area contributed by atoms with Crippen LogP contribution in [-0.2, 0) is 0 Å². The molecule has 0 aliphatic rings. The van der Waals surface area contributed by atoms with E-state index in [-0.39, 0.29) is 15.9 Å². The second-order valence-corrected chi connectivity index (χ2v) is 4.67. The van der Waals surface area contributed by atoms with Crippen molar-refractivity contribution < 1.29 is 9.21 Å². The number of pyridine rings is 1. The van der Waals surface area contributed by atoms with Gasteiger partial charge in [-0.15, -0.1) is 0 Å². The van der Waals surface area contributed by atoms with Crippen LogP contribution < -0.4 is 5.32 Å². The minimum Gasteiger partial charge on any atom is -0.452 e. The van der Waals surface area contributed by atoms with Gasteiger partial charge in [0.25, 0.3) is 5.91 Å². The van der Waals surface area contributed by atoms with Gasteiger partial charge in [-0.05, 0) is 39.7 Å². The Kier molecular flexibility index (Phi) is 3.71. The molecule has 0 radical (unpaired) electrons. The van der Waals surface area contributed by atoms with Crippen molar-refractivity contribution in [3.63, 3.8) is 0 Å². The number of nitrogens with zero attached hydrogens (tertiary/aromatic N) is 1. The van der Waals surface area contributed by atoms with E-state index >= 15 is 0 Å². The summed E-state index contributed by atoms with van der Waals surface area (Å²) < 4.78 is 5.53. The summed E-state index contributed by atoms with van der Waals surface area (Å²) in [5, 5.41) is 2.81. The maximum absolute atomic E-state index is 11.8. The van der Waals surface area contributed by atoms with Gasteiger partial charge < -0.3 is 9.73 Å². The Morgan fingerprint density at radius 2 is 2.24 bits per heavy atom. The molecule has 0 aliphatic heterocycles. The molecule has 0 spiro atoms. The maximum Gasteiger partial charge on any atom is 0.260 e. The van der Waals surface area contributed by atoms with E-state index in [1.165, 1.54) is 18.5 Å². The highest BCUT2D eigenvalue weighted by Gasteiger charge is 2.14. The third-order valence-corrected chi connectivity index (χ3v) is 2.94. The van der Waals surface area contributed by atoms with Gasteiger partial charge in [0.2, 0.25) is 5.22 Å². The molecule has 0 saturated carbocycles. The van der Waals surface area contributed by atoms with Gasteiger partial charge in [0.1, 0.15) is 0 Å². The van der Waals surface area contributed by atoms with Crippen molar-refractivity contribution in [2.75, 3.05) is 5.32 Å². The highest BCUT2D eigenvalue weighted by Crippen LogP contribution is 2.25. The molecule has 0 atom stereocenters. The minimum absolute atomic E-state index is 0.0292. The van der Waals surface area contributed by atoms with Crippen LogP contribution in [0.3, 0.4) is 0 Å². The highest BCUT2D eigenvalue weighted by molar-refractivity contribution is 9.10. The molecule has 4 nitrogen and oxygen atoms in total. The lowest BCUT2D eigenvalue weighted by Crippen LogP contribution is -2.12. The van der Waals surface area contributed by atoms with E-state index in [1.807, 2.05) is 0 Å². The molecule has 2 rings (SSSR count). The zero-order chi connectivity index (χ0) is 12.4. The van der Waals surface area contributed by atoms with Crippen LogP contribution in [0.5, 0.6) is 0 Å². The molecule has 1 N–H and O–H groups in total. The summed E-state index contributed by atoms with van der Waals surface area (Å²) in [5.74, 6) is -0.412.